The minimum Gasteiger partial charge on any atom is -0.298 e. The Morgan fingerprint density at radius 3 is 3.00 bits per heavy atom. The van der Waals surface area contributed by atoms with Gasteiger partial charge in [0.2, 0.25) is 0 Å². The number of benzene rings is 1. The van der Waals surface area contributed by atoms with Crippen LogP contribution in [0.2, 0.25) is 0 Å². The highest BCUT2D eigenvalue weighted by Crippen LogP contribution is 2.14. The van der Waals surface area contributed by atoms with E-state index in [1.807, 2.05) is 12.1 Å². The number of nitrogens with zero attached hydrogens (tertiary/aromatic N) is 2. The number of hydrogen-bond acceptors (Lipinski definition) is 3. The first-order valence-corrected chi connectivity index (χ1v) is 5.90. The third kappa shape index (κ3) is 2.08. The van der Waals surface area contributed by atoms with Crippen LogP contribution >= 0.6 is 28.6 Å². The number of aromatic nitrogens is 2. The van der Waals surface area contributed by atoms with Crippen LogP contribution in [0.3, 0.4) is 0 Å². The minimum atomic E-state index is -0.0182. The van der Waals surface area contributed by atoms with Crippen LogP contribution in [0.1, 0.15) is 0 Å². The molecule has 0 bridgehead atoms. The van der Waals surface area contributed by atoms with Crippen LogP contribution in [-0.2, 0) is 6.54 Å². The Morgan fingerprint density at radius 2 is 2.27 bits per heavy atom. The highest BCUT2D eigenvalue weighted by Gasteiger charge is 2.03. The number of halogens is 1. The van der Waals surface area contributed by atoms with Gasteiger partial charge >= 0.3 is 0 Å². The van der Waals surface area contributed by atoms with Gasteiger partial charge < -0.3 is 0 Å². The van der Waals surface area contributed by atoms with Gasteiger partial charge in [-0.25, -0.2) is 4.98 Å². The highest BCUT2D eigenvalue weighted by molar-refractivity contribution is 9.10. The largest absolute Gasteiger partial charge is 0.298 e. The van der Waals surface area contributed by atoms with Crippen molar-refractivity contribution in [1.29, 1.82) is 0 Å². The fraction of sp³-hybridized carbons (Fsp3) is 0.200. The van der Waals surface area contributed by atoms with Crippen LogP contribution in [0.15, 0.2) is 33.8 Å². The molecule has 0 amide bonds. The van der Waals surface area contributed by atoms with Crippen molar-refractivity contribution >= 4 is 39.5 Å². The van der Waals surface area contributed by atoms with Gasteiger partial charge in [0.15, 0.2) is 0 Å². The van der Waals surface area contributed by atoms with E-state index in [9.17, 15) is 4.79 Å². The van der Waals surface area contributed by atoms with Gasteiger partial charge in [-0.05, 0) is 18.2 Å². The second-order valence-electron chi connectivity index (χ2n) is 3.13. The molecule has 15 heavy (non-hydrogen) atoms. The molecule has 0 saturated carbocycles. The van der Waals surface area contributed by atoms with Gasteiger partial charge in [0.1, 0.15) is 0 Å². The average Bonchev–Trinajstić information content (AvgIpc) is 2.23. The molecule has 0 radical (unpaired) electrons. The van der Waals surface area contributed by atoms with Crippen molar-refractivity contribution < 1.29 is 0 Å². The van der Waals surface area contributed by atoms with Crippen LogP contribution in [0.4, 0.5) is 0 Å². The third-order valence-electron chi connectivity index (χ3n) is 2.13. The Bertz CT molecular complexity index is 553. The van der Waals surface area contributed by atoms with E-state index in [0.717, 1.165) is 9.99 Å². The van der Waals surface area contributed by atoms with E-state index in [-0.39, 0.29) is 5.56 Å². The Hall–Kier alpha value is -0.810. The van der Waals surface area contributed by atoms with E-state index in [4.69, 9.17) is 0 Å². The molecule has 78 valence electrons. The van der Waals surface area contributed by atoms with Crippen LogP contribution in [0, 0.1) is 0 Å². The molecule has 1 heterocycles. The maximum atomic E-state index is 11.9. The molecule has 2 aromatic rings. The molecule has 0 spiro atoms. The molecule has 0 aliphatic heterocycles. The maximum Gasteiger partial charge on any atom is 0.261 e. The Labute approximate surface area is 101 Å². The molecule has 0 saturated heterocycles. The molecule has 3 nitrogen and oxygen atoms in total. The molecule has 5 heteroatoms. The quantitative estimate of drug-likeness (QED) is 0.857. The first kappa shape index (κ1) is 10.7. The van der Waals surface area contributed by atoms with Gasteiger partial charge in [0.25, 0.3) is 5.56 Å². The lowest BCUT2D eigenvalue weighted by Crippen LogP contribution is -2.21. The minimum absolute atomic E-state index is 0.0182. The van der Waals surface area contributed by atoms with Crippen molar-refractivity contribution in [3.8, 4) is 0 Å². The zero-order valence-electron chi connectivity index (χ0n) is 7.85. The summed E-state index contributed by atoms with van der Waals surface area (Å²) in [6.07, 6.45) is 1.56. The standard InChI is InChI=1S/C10H9BrN2OS/c11-7-1-2-9-8(5-7)10(14)13(3-4-15)6-12-9/h1-2,5-6,15H,3-4H2. The zero-order valence-corrected chi connectivity index (χ0v) is 10.3. The number of hydrogen-bond donors (Lipinski definition) is 1. The molecule has 1 aromatic carbocycles. The third-order valence-corrected chi connectivity index (χ3v) is 2.82. The number of rotatable bonds is 2. The van der Waals surface area contributed by atoms with Crippen molar-refractivity contribution in [3.05, 3.63) is 39.4 Å². The van der Waals surface area contributed by atoms with Crippen LogP contribution in [0.5, 0.6) is 0 Å². The first-order valence-electron chi connectivity index (χ1n) is 4.48. The van der Waals surface area contributed by atoms with Gasteiger partial charge in [-0.15, -0.1) is 0 Å². The maximum absolute atomic E-state index is 11.9. The fourth-order valence-corrected chi connectivity index (χ4v) is 1.97. The topological polar surface area (TPSA) is 34.9 Å². The smallest absolute Gasteiger partial charge is 0.261 e. The summed E-state index contributed by atoms with van der Waals surface area (Å²) in [7, 11) is 0. The Kier molecular flexibility index (Phi) is 3.11. The van der Waals surface area contributed by atoms with Crippen LogP contribution < -0.4 is 5.56 Å². The van der Waals surface area contributed by atoms with E-state index < -0.39 is 0 Å². The summed E-state index contributed by atoms with van der Waals surface area (Å²) < 4.78 is 2.46. The lowest BCUT2D eigenvalue weighted by molar-refractivity contribution is 0.726. The molecule has 0 N–H and O–H groups in total. The molecular formula is C10H9BrN2OS. The van der Waals surface area contributed by atoms with Crippen molar-refractivity contribution in [3.63, 3.8) is 0 Å². The normalized spacial score (nSPS) is 10.8. The van der Waals surface area contributed by atoms with Gasteiger partial charge in [-0.3, -0.25) is 9.36 Å². The lowest BCUT2D eigenvalue weighted by atomic mass is 10.2. The summed E-state index contributed by atoms with van der Waals surface area (Å²) in [5.74, 6) is 0.626. The molecule has 0 aliphatic carbocycles. The fourth-order valence-electron chi connectivity index (χ4n) is 1.40. The Morgan fingerprint density at radius 1 is 1.47 bits per heavy atom. The van der Waals surface area contributed by atoms with Crippen LogP contribution in [-0.4, -0.2) is 15.3 Å². The van der Waals surface area contributed by atoms with Gasteiger partial charge in [-0.1, -0.05) is 15.9 Å². The van der Waals surface area contributed by atoms with E-state index in [0.29, 0.717) is 17.7 Å². The average molecular weight is 285 g/mol. The Balaban J connectivity index is 2.71. The highest BCUT2D eigenvalue weighted by atomic mass is 79.9. The van der Waals surface area contributed by atoms with Crippen molar-refractivity contribution in [2.24, 2.45) is 0 Å². The number of aryl methyl sites for hydroxylation is 1. The molecule has 0 fully saturated rings. The van der Waals surface area contributed by atoms with Gasteiger partial charge in [0.05, 0.1) is 17.2 Å². The van der Waals surface area contributed by atoms with Crippen molar-refractivity contribution in [1.82, 2.24) is 9.55 Å². The molecule has 0 unspecified atom stereocenters. The second-order valence-corrected chi connectivity index (χ2v) is 4.49. The molecule has 1 aromatic heterocycles. The summed E-state index contributed by atoms with van der Waals surface area (Å²) in [6.45, 7) is 0.581. The predicted molar refractivity (Wildman–Crippen MR) is 67.6 cm³/mol. The summed E-state index contributed by atoms with van der Waals surface area (Å²) in [5, 5.41) is 0.633. The monoisotopic (exact) mass is 284 g/mol. The molecular weight excluding hydrogens is 276 g/mol. The summed E-state index contributed by atoms with van der Waals surface area (Å²) in [4.78, 5) is 16.1. The summed E-state index contributed by atoms with van der Waals surface area (Å²) in [6, 6.07) is 5.49. The number of thiol groups is 1. The number of fused-ring (bicyclic) bond motifs is 1. The van der Waals surface area contributed by atoms with Gasteiger partial charge in [-0.2, -0.15) is 12.6 Å². The molecule has 2 rings (SSSR count). The second kappa shape index (κ2) is 4.37. The lowest BCUT2D eigenvalue weighted by Gasteiger charge is -2.04. The SMILES string of the molecule is O=c1c2cc(Br)ccc2ncn1CCS. The summed E-state index contributed by atoms with van der Waals surface area (Å²) >= 11 is 7.44. The van der Waals surface area contributed by atoms with E-state index in [1.165, 1.54) is 0 Å². The van der Waals surface area contributed by atoms with E-state index in [1.54, 1.807) is 17.0 Å². The summed E-state index contributed by atoms with van der Waals surface area (Å²) in [5.41, 5.74) is 0.703. The van der Waals surface area contributed by atoms with Crippen molar-refractivity contribution in [2.75, 3.05) is 5.75 Å². The van der Waals surface area contributed by atoms with E-state index in [2.05, 4.69) is 33.5 Å². The first-order chi connectivity index (χ1) is 7.22. The van der Waals surface area contributed by atoms with Crippen LogP contribution in [0.25, 0.3) is 10.9 Å². The van der Waals surface area contributed by atoms with Gasteiger partial charge in [0, 0.05) is 16.8 Å². The zero-order chi connectivity index (χ0) is 10.8. The molecule has 0 aliphatic rings. The molecule has 0 atom stereocenters. The predicted octanol–water partition coefficient (Wildman–Crippen LogP) is 2.09. The van der Waals surface area contributed by atoms with E-state index >= 15 is 0 Å². The van der Waals surface area contributed by atoms with Crippen molar-refractivity contribution in [2.45, 2.75) is 6.54 Å².